The van der Waals surface area contributed by atoms with Crippen molar-refractivity contribution in [2.24, 2.45) is 0 Å². The second kappa shape index (κ2) is 5.27. The second-order valence-electron chi connectivity index (χ2n) is 4.11. The van der Waals surface area contributed by atoms with E-state index in [0.717, 1.165) is 5.82 Å². The Hall–Kier alpha value is -1.75. The van der Waals surface area contributed by atoms with Gasteiger partial charge in [-0.3, -0.25) is 0 Å². The number of ether oxygens (including phenoxy) is 1. The van der Waals surface area contributed by atoms with Gasteiger partial charge in [0.15, 0.2) is 0 Å². The first-order valence-corrected chi connectivity index (χ1v) is 6.55. The summed E-state index contributed by atoms with van der Waals surface area (Å²) >= 11 is 1.78. The van der Waals surface area contributed by atoms with Crippen molar-refractivity contribution in [3.05, 3.63) is 34.0 Å². The SMILES string of the molecule is COc1nc(NC(C)c2ccc(C)s2)ccc1N. The van der Waals surface area contributed by atoms with Gasteiger partial charge in [-0.2, -0.15) is 4.98 Å². The van der Waals surface area contributed by atoms with E-state index >= 15 is 0 Å². The third kappa shape index (κ3) is 2.73. The topological polar surface area (TPSA) is 60.2 Å². The lowest BCUT2D eigenvalue weighted by Crippen LogP contribution is -2.07. The molecule has 0 radical (unpaired) electrons. The van der Waals surface area contributed by atoms with Crippen LogP contribution < -0.4 is 15.8 Å². The van der Waals surface area contributed by atoms with E-state index in [1.807, 2.05) is 6.07 Å². The Balaban J connectivity index is 2.14. The van der Waals surface area contributed by atoms with Gasteiger partial charge in [-0.05, 0) is 38.1 Å². The molecule has 0 saturated heterocycles. The molecule has 0 bridgehead atoms. The van der Waals surface area contributed by atoms with Crippen LogP contribution in [0, 0.1) is 6.92 Å². The molecule has 1 atom stereocenters. The zero-order valence-electron chi connectivity index (χ0n) is 10.7. The van der Waals surface area contributed by atoms with Crippen molar-refractivity contribution in [2.45, 2.75) is 19.9 Å². The third-order valence-corrected chi connectivity index (χ3v) is 3.82. The Morgan fingerprint density at radius 1 is 1.33 bits per heavy atom. The van der Waals surface area contributed by atoms with Crippen molar-refractivity contribution in [3.8, 4) is 5.88 Å². The van der Waals surface area contributed by atoms with Crippen molar-refractivity contribution in [2.75, 3.05) is 18.2 Å². The number of pyridine rings is 1. The van der Waals surface area contributed by atoms with E-state index in [1.54, 1.807) is 24.5 Å². The molecule has 0 fully saturated rings. The molecule has 4 nitrogen and oxygen atoms in total. The van der Waals surface area contributed by atoms with Gasteiger partial charge in [-0.25, -0.2) is 0 Å². The molecule has 0 saturated carbocycles. The normalized spacial score (nSPS) is 12.2. The van der Waals surface area contributed by atoms with Crippen LogP contribution in [0.2, 0.25) is 0 Å². The lowest BCUT2D eigenvalue weighted by atomic mass is 10.2. The van der Waals surface area contributed by atoms with Crippen LogP contribution in [-0.2, 0) is 0 Å². The number of nitrogen functional groups attached to an aromatic ring is 1. The lowest BCUT2D eigenvalue weighted by Gasteiger charge is -2.14. The van der Waals surface area contributed by atoms with Gasteiger partial charge in [-0.1, -0.05) is 0 Å². The van der Waals surface area contributed by atoms with E-state index in [0.29, 0.717) is 11.6 Å². The van der Waals surface area contributed by atoms with Crippen LogP contribution in [-0.4, -0.2) is 12.1 Å². The molecule has 5 heteroatoms. The smallest absolute Gasteiger partial charge is 0.238 e. The molecule has 2 rings (SSSR count). The Morgan fingerprint density at radius 3 is 2.72 bits per heavy atom. The monoisotopic (exact) mass is 263 g/mol. The lowest BCUT2D eigenvalue weighted by molar-refractivity contribution is 0.401. The van der Waals surface area contributed by atoms with E-state index < -0.39 is 0 Å². The minimum absolute atomic E-state index is 0.213. The number of nitrogens with two attached hydrogens (primary N) is 1. The van der Waals surface area contributed by atoms with Gasteiger partial charge in [0.05, 0.1) is 18.8 Å². The molecular formula is C13H17N3OS. The maximum Gasteiger partial charge on any atom is 0.238 e. The van der Waals surface area contributed by atoms with Crippen LogP contribution in [0.3, 0.4) is 0 Å². The summed E-state index contributed by atoms with van der Waals surface area (Å²) in [5.41, 5.74) is 6.28. The molecule has 0 aromatic carbocycles. The van der Waals surface area contributed by atoms with Crippen LogP contribution in [0.25, 0.3) is 0 Å². The zero-order chi connectivity index (χ0) is 13.1. The fraction of sp³-hybridized carbons (Fsp3) is 0.308. The molecular weight excluding hydrogens is 246 g/mol. The van der Waals surface area contributed by atoms with Gasteiger partial charge in [-0.15, -0.1) is 11.3 Å². The second-order valence-corrected chi connectivity index (χ2v) is 5.43. The minimum Gasteiger partial charge on any atom is -0.479 e. The Labute approximate surface area is 111 Å². The summed E-state index contributed by atoms with van der Waals surface area (Å²) in [5.74, 6) is 1.22. The number of hydrogen-bond donors (Lipinski definition) is 2. The van der Waals surface area contributed by atoms with Gasteiger partial charge in [0.25, 0.3) is 0 Å². The summed E-state index contributed by atoms with van der Waals surface area (Å²) in [6.07, 6.45) is 0. The standard InChI is InChI=1S/C13H17N3OS/c1-8-4-6-11(18-8)9(2)15-12-7-5-10(14)13(16-12)17-3/h4-7,9H,14H2,1-3H3,(H,15,16). The predicted octanol–water partition coefficient (Wildman–Crippen LogP) is 3.22. The van der Waals surface area contributed by atoms with Crippen molar-refractivity contribution >= 4 is 22.8 Å². The highest BCUT2D eigenvalue weighted by molar-refractivity contribution is 7.12. The fourth-order valence-electron chi connectivity index (χ4n) is 1.67. The predicted molar refractivity (Wildman–Crippen MR) is 76.3 cm³/mol. The number of hydrogen-bond acceptors (Lipinski definition) is 5. The van der Waals surface area contributed by atoms with Crippen LogP contribution in [0.4, 0.5) is 11.5 Å². The maximum atomic E-state index is 5.73. The molecule has 0 aliphatic heterocycles. The molecule has 18 heavy (non-hydrogen) atoms. The number of nitrogens with one attached hydrogen (secondary N) is 1. The Kier molecular flexibility index (Phi) is 3.72. The molecule has 0 aliphatic carbocycles. The fourth-order valence-corrected chi connectivity index (χ4v) is 2.55. The molecule has 0 spiro atoms. The number of rotatable bonds is 4. The highest BCUT2D eigenvalue weighted by Crippen LogP contribution is 2.27. The van der Waals surface area contributed by atoms with E-state index in [-0.39, 0.29) is 6.04 Å². The third-order valence-electron chi connectivity index (χ3n) is 2.64. The number of thiophene rings is 1. The molecule has 1 unspecified atom stereocenters. The minimum atomic E-state index is 0.213. The summed E-state index contributed by atoms with van der Waals surface area (Å²) in [7, 11) is 1.56. The van der Waals surface area contributed by atoms with E-state index in [4.69, 9.17) is 10.5 Å². The van der Waals surface area contributed by atoms with E-state index in [9.17, 15) is 0 Å². The quantitative estimate of drug-likeness (QED) is 0.889. The number of aryl methyl sites for hydroxylation is 1. The first kappa shape index (κ1) is 12.7. The highest BCUT2D eigenvalue weighted by atomic mass is 32.1. The Morgan fingerprint density at radius 2 is 2.11 bits per heavy atom. The van der Waals surface area contributed by atoms with Gasteiger partial charge in [0, 0.05) is 9.75 Å². The van der Waals surface area contributed by atoms with Crippen LogP contribution in [0.15, 0.2) is 24.3 Å². The molecule has 2 aromatic rings. The largest absolute Gasteiger partial charge is 0.479 e. The number of aromatic nitrogens is 1. The van der Waals surface area contributed by atoms with Gasteiger partial charge < -0.3 is 15.8 Å². The zero-order valence-corrected chi connectivity index (χ0v) is 11.5. The van der Waals surface area contributed by atoms with Crippen molar-refractivity contribution < 1.29 is 4.74 Å². The maximum absolute atomic E-state index is 5.73. The van der Waals surface area contributed by atoms with Crippen molar-refractivity contribution in [1.82, 2.24) is 4.98 Å². The summed E-state index contributed by atoms with van der Waals surface area (Å²) in [5, 5.41) is 3.34. The summed E-state index contributed by atoms with van der Waals surface area (Å²) < 4.78 is 5.10. The first-order chi connectivity index (χ1) is 8.60. The summed E-state index contributed by atoms with van der Waals surface area (Å²) in [4.78, 5) is 6.90. The Bertz CT molecular complexity index is 539. The first-order valence-electron chi connectivity index (χ1n) is 5.73. The average molecular weight is 263 g/mol. The van der Waals surface area contributed by atoms with Crippen molar-refractivity contribution in [1.29, 1.82) is 0 Å². The van der Waals surface area contributed by atoms with Crippen molar-refractivity contribution in [3.63, 3.8) is 0 Å². The molecule has 0 amide bonds. The van der Waals surface area contributed by atoms with Crippen LogP contribution >= 0.6 is 11.3 Å². The van der Waals surface area contributed by atoms with Gasteiger partial charge >= 0.3 is 0 Å². The van der Waals surface area contributed by atoms with Gasteiger partial charge in [0.1, 0.15) is 5.82 Å². The molecule has 2 heterocycles. The number of anilines is 2. The van der Waals surface area contributed by atoms with E-state index in [2.05, 4.69) is 36.3 Å². The molecule has 2 aromatic heterocycles. The molecule has 96 valence electrons. The van der Waals surface area contributed by atoms with E-state index in [1.165, 1.54) is 9.75 Å². The number of methoxy groups -OCH3 is 1. The van der Waals surface area contributed by atoms with Crippen LogP contribution in [0.5, 0.6) is 5.88 Å². The summed E-state index contributed by atoms with van der Waals surface area (Å²) in [6, 6.07) is 8.11. The van der Waals surface area contributed by atoms with Crippen LogP contribution in [0.1, 0.15) is 22.7 Å². The molecule has 0 aliphatic rings. The average Bonchev–Trinajstić information content (AvgIpc) is 2.78. The van der Waals surface area contributed by atoms with Gasteiger partial charge in [0.2, 0.25) is 5.88 Å². The molecule has 3 N–H and O–H groups in total. The highest BCUT2D eigenvalue weighted by Gasteiger charge is 2.09. The summed E-state index contributed by atoms with van der Waals surface area (Å²) in [6.45, 7) is 4.21. The number of nitrogens with zero attached hydrogens (tertiary/aromatic N) is 1.